The molecule has 3 rings (SSSR count). The number of benzene rings is 3. The Morgan fingerprint density at radius 3 is 1.67 bits per heavy atom. The topological polar surface area (TPSA) is 43.1 Å². The van der Waals surface area contributed by atoms with Crippen molar-refractivity contribution >= 4 is 21.6 Å². The van der Waals surface area contributed by atoms with E-state index in [9.17, 15) is 10.1 Å². The summed E-state index contributed by atoms with van der Waals surface area (Å²) in [5.74, 6) is 0. The van der Waals surface area contributed by atoms with Gasteiger partial charge in [-0.05, 0) is 35.2 Å². The SMILES string of the molecule is CC.CC.Cc1c(Br)cc(-c2ccc(-c3ccccc3)cc2)cc1[N+](=O)[O-]. The average molecular weight is 428 g/mol. The fourth-order valence-corrected chi connectivity index (χ4v) is 2.96. The third-order valence-electron chi connectivity index (χ3n) is 3.84. The van der Waals surface area contributed by atoms with E-state index < -0.39 is 0 Å². The minimum absolute atomic E-state index is 0.126. The third-order valence-corrected chi connectivity index (χ3v) is 4.66. The molecule has 3 aromatic carbocycles. The number of hydrogen-bond acceptors (Lipinski definition) is 2. The fourth-order valence-electron chi connectivity index (χ4n) is 2.51. The molecule has 0 amide bonds. The summed E-state index contributed by atoms with van der Waals surface area (Å²) in [6.07, 6.45) is 0. The monoisotopic (exact) mass is 427 g/mol. The molecular formula is C23H26BrNO2. The summed E-state index contributed by atoms with van der Waals surface area (Å²) in [4.78, 5) is 10.8. The zero-order valence-corrected chi connectivity index (χ0v) is 18.1. The van der Waals surface area contributed by atoms with Crippen LogP contribution in [0.1, 0.15) is 33.3 Å². The van der Waals surface area contributed by atoms with E-state index in [2.05, 4.69) is 28.1 Å². The zero-order chi connectivity index (χ0) is 20.4. The van der Waals surface area contributed by atoms with E-state index >= 15 is 0 Å². The van der Waals surface area contributed by atoms with Gasteiger partial charge in [0.05, 0.1) is 4.92 Å². The molecule has 142 valence electrons. The van der Waals surface area contributed by atoms with E-state index in [-0.39, 0.29) is 10.6 Å². The van der Waals surface area contributed by atoms with Gasteiger partial charge in [-0.3, -0.25) is 10.1 Å². The molecule has 0 bridgehead atoms. The van der Waals surface area contributed by atoms with Gasteiger partial charge >= 0.3 is 0 Å². The highest BCUT2D eigenvalue weighted by Crippen LogP contribution is 2.33. The molecule has 0 radical (unpaired) electrons. The van der Waals surface area contributed by atoms with Crippen molar-refractivity contribution in [1.82, 2.24) is 0 Å². The van der Waals surface area contributed by atoms with Crippen LogP contribution < -0.4 is 0 Å². The van der Waals surface area contributed by atoms with Crippen LogP contribution in [0, 0.1) is 17.0 Å². The van der Waals surface area contributed by atoms with Crippen molar-refractivity contribution in [2.45, 2.75) is 34.6 Å². The van der Waals surface area contributed by atoms with Crippen LogP contribution in [0.2, 0.25) is 0 Å². The molecule has 0 saturated heterocycles. The molecule has 27 heavy (non-hydrogen) atoms. The van der Waals surface area contributed by atoms with Crippen LogP contribution >= 0.6 is 15.9 Å². The van der Waals surface area contributed by atoms with Crippen molar-refractivity contribution in [3.05, 3.63) is 86.9 Å². The molecule has 0 N–H and O–H groups in total. The Morgan fingerprint density at radius 1 is 0.741 bits per heavy atom. The number of nitro benzene ring substituents is 1. The third kappa shape index (κ3) is 5.76. The number of nitro groups is 1. The van der Waals surface area contributed by atoms with Crippen LogP contribution in [0.15, 0.2) is 71.2 Å². The van der Waals surface area contributed by atoms with Crippen LogP contribution in [-0.4, -0.2) is 4.92 Å². The van der Waals surface area contributed by atoms with Crippen LogP contribution in [0.4, 0.5) is 5.69 Å². The second-order valence-corrected chi connectivity index (χ2v) is 6.16. The van der Waals surface area contributed by atoms with Gasteiger partial charge in [-0.15, -0.1) is 0 Å². The van der Waals surface area contributed by atoms with Gasteiger partial charge in [-0.25, -0.2) is 0 Å². The molecule has 0 fully saturated rings. The molecule has 0 saturated carbocycles. The van der Waals surface area contributed by atoms with Crippen molar-refractivity contribution in [1.29, 1.82) is 0 Å². The maximum Gasteiger partial charge on any atom is 0.274 e. The van der Waals surface area contributed by atoms with Crippen LogP contribution in [0.25, 0.3) is 22.3 Å². The van der Waals surface area contributed by atoms with Gasteiger partial charge in [0.25, 0.3) is 5.69 Å². The summed E-state index contributed by atoms with van der Waals surface area (Å²) in [7, 11) is 0. The Balaban J connectivity index is 0.000000855. The summed E-state index contributed by atoms with van der Waals surface area (Å²) in [6, 6.07) is 21.7. The lowest BCUT2D eigenvalue weighted by Crippen LogP contribution is -1.93. The minimum Gasteiger partial charge on any atom is -0.258 e. The first kappa shape index (κ1) is 22.6. The molecule has 4 heteroatoms. The molecule has 3 nitrogen and oxygen atoms in total. The van der Waals surface area contributed by atoms with Gasteiger partial charge in [0.1, 0.15) is 0 Å². The van der Waals surface area contributed by atoms with Gasteiger partial charge in [0.15, 0.2) is 0 Å². The van der Waals surface area contributed by atoms with Crippen LogP contribution in [0.5, 0.6) is 0 Å². The summed E-state index contributed by atoms with van der Waals surface area (Å²) >= 11 is 3.41. The van der Waals surface area contributed by atoms with Crippen LogP contribution in [-0.2, 0) is 0 Å². The van der Waals surface area contributed by atoms with Crippen molar-refractivity contribution in [2.24, 2.45) is 0 Å². The predicted molar refractivity (Wildman–Crippen MR) is 119 cm³/mol. The first-order valence-electron chi connectivity index (χ1n) is 9.16. The van der Waals surface area contributed by atoms with E-state index in [0.717, 1.165) is 26.7 Å². The number of halogens is 1. The predicted octanol–water partition coefficient (Wildman–Crippen LogP) is 8.05. The molecule has 0 spiro atoms. The molecule has 0 aliphatic rings. The fraction of sp³-hybridized carbons (Fsp3) is 0.217. The molecule has 0 atom stereocenters. The highest BCUT2D eigenvalue weighted by atomic mass is 79.9. The molecule has 0 aromatic heterocycles. The van der Waals surface area contributed by atoms with E-state index in [0.29, 0.717) is 5.56 Å². The first-order chi connectivity index (χ1) is 13.1. The largest absolute Gasteiger partial charge is 0.274 e. The van der Waals surface area contributed by atoms with E-state index in [1.165, 1.54) is 0 Å². The van der Waals surface area contributed by atoms with Gasteiger partial charge in [0.2, 0.25) is 0 Å². The Labute approximate surface area is 170 Å². The van der Waals surface area contributed by atoms with E-state index in [4.69, 9.17) is 0 Å². The Bertz CT molecular complexity index is 860. The van der Waals surface area contributed by atoms with Crippen molar-refractivity contribution in [2.75, 3.05) is 0 Å². The van der Waals surface area contributed by atoms with E-state index in [1.54, 1.807) is 13.0 Å². The lowest BCUT2D eigenvalue weighted by atomic mass is 9.99. The van der Waals surface area contributed by atoms with Crippen LogP contribution in [0.3, 0.4) is 0 Å². The lowest BCUT2D eigenvalue weighted by molar-refractivity contribution is -0.385. The first-order valence-corrected chi connectivity index (χ1v) is 9.96. The lowest BCUT2D eigenvalue weighted by Gasteiger charge is -2.07. The summed E-state index contributed by atoms with van der Waals surface area (Å²) in [6.45, 7) is 9.74. The smallest absolute Gasteiger partial charge is 0.258 e. The Morgan fingerprint density at radius 2 is 1.19 bits per heavy atom. The Kier molecular flexibility index (Phi) is 9.45. The maximum atomic E-state index is 11.2. The van der Waals surface area contributed by atoms with Gasteiger partial charge in [-0.1, -0.05) is 98.2 Å². The second-order valence-electron chi connectivity index (χ2n) is 5.30. The highest BCUT2D eigenvalue weighted by molar-refractivity contribution is 9.10. The summed E-state index contributed by atoms with van der Waals surface area (Å²) in [5, 5.41) is 11.2. The van der Waals surface area contributed by atoms with Gasteiger partial charge < -0.3 is 0 Å². The molecule has 0 unspecified atom stereocenters. The molecule has 0 heterocycles. The standard InChI is InChI=1S/C19H14BrNO2.2C2H6/c1-13-18(20)11-17(12-19(13)21(22)23)16-9-7-15(8-10-16)14-5-3-2-4-6-14;2*1-2/h2-12H,1H3;2*1-2H3. The van der Waals surface area contributed by atoms with E-state index in [1.807, 2.05) is 76.2 Å². The minimum atomic E-state index is -0.345. The quantitative estimate of drug-likeness (QED) is 0.313. The molecular weight excluding hydrogens is 402 g/mol. The molecule has 0 aliphatic heterocycles. The normalized spacial score (nSPS) is 9.41. The van der Waals surface area contributed by atoms with Crippen molar-refractivity contribution in [3.63, 3.8) is 0 Å². The van der Waals surface area contributed by atoms with Gasteiger partial charge in [-0.2, -0.15) is 0 Å². The average Bonchev–Trinajstić information content (AvgIpc) is 2.73. The second kappa shape index (κ2) is 11.3. The van der Waals surface area contributed by atoms with Gasteiger partial charge in [0, 0.05) is 16.1 Å². The number of nitrogens with zero attached hydrogens (tertiary/aromatic N) is 1. The zero-order valence-electron chi connectivity index (χ0n) is 16.5. The maximum absolute atomic E-state index is 11.2. The number of hydrogen-bond donors (Lipinski definition) is 0. The number of rotatable bonds is 3. The summed E-state index contributed by atoms with van der Waals surface area (Å²) in [5.41, 5.74) is 4.81. The highest BCUT2D eigenvalue weighted by Gasteiger charge is 2.15. The molecule has 0 aliphatic carbocycles. The Hall–Kier alpha value is -2.46. The van der Waals surface area contributed by atoms with Crippen molar-refractivity contribution in [3.8, 4) is 22.3 Å². The molecule has 3 aromatic rings. The summed E-state index contributed by atoms with van der Waals surface area (Å²) < 4.78 is 0.744. The van der Waals surface area contributed by atoms with Crippen molar-refractivity contribution < 1.29 is 4.92 Å².